The van der Waals surface area contributed by atoms with E-state index in [2.05, 4.69) is 6.58 Å². The third kappa shape index (κ3) is 4.27. The first-order valence-electron chi connectivity index (χ1n) is 9.11. The minimum absolute atomic E-state index is 0.198. The van der Waals surface area contributed by atoms with Gasteiger partial charge in [0.05, 0.1) is 13.2 Å². The van der Waals surface area contributed by atoms with E-state index in [0.29, 0.717) is 33.1 Å². The van der Waals surface area contributed by atoms with Gasteiger partial charge in [0.2, 0.25) is 0 Å². The second-order valence-corrected chi connectivity index (χ2v) is 7.21. The van der Waals surface area contributed by atoms with Crippen LogP contribution in [0.5, 0.6) is 0 Å². The lowest BCUT2D eigenvalue weighted by Gasteiger charge is -2.27. The molecule has 0 radical (unpaired) electrons. The number of halogens is 1. The smallest absolute Gasteiger partial charge is 0.354 e. The van der Waals surface area contributed by atoms with Gasteiger partial charge in [-0.1, -0.05) is 17.7 Å². The summed E-state index contributed by atoms with van der Waals surface area (Å²) >= 11 is 5.90. The van der Waals surface area contributed by atoms with Crippen LogP contribution in [-0.4, -0.2) is 46.8 Å². The first-order valence-corrected chi connectivity index (χ1v) is 9.49. The molecule has 2 rings (SSSR count). The number of esters is 1. The first kappa shape index (κ1) is 22.4. The summed E-state index contributed by atoms with van der Waals surface area (Å²) in [6.07, 6.45) is 1.57. The molecule has 0 aliphatic rings. The number of hydrogen-bond acceptors (Lipinski definition) is 4. The van der Waals surface area contributed by atoms with Gasteiger partial charge in [0, 0.05) is 35.4 Å². The fourth-order valence-corrected chi connectivity index (χ4v) is 3.52. The maximum absolute atomic E-state index is 13.4. The fourth-order valence-electron chi connectivity index (χ4n) is 3.39. The molecule has 6 nitrogen and oxygen atoms in total. The van der Waals surface area contributed by atoms with Crippen molar-refractivity contribution >= 4 is 29.3 Å². The number of benzene rings is 1. The molecule has 1 heterocycles. The van der Waals surface area contributed by atoms with E-state index in [1.165, 1.54) is 12.0 Å². The van der Waals surface area contributed by atoms with E-state index in [0.717, 1.165) is 0 Å². The number of aromatic nitrogens is 1. The van der Waals surface area contributed by atoms with Crippen LogP contribution in [0.3, 0.4) is 0 Å². The second-order valence-electron chi connectivity index (χ2n) is 6.78. The Kier molecular flexibility index (Phi) is 7.03. The Morgan fingerprint density at radius 3 is 2.34 bits per heavy atom. The summed E-state index contributed by atoms with van der Waals surface area (Å²) in [5, 5.41) is 0.520. The highest BCUT2D eigenvalue weighted by molar-refractivity contribution is 6.30. The van der Waals surface area contributed by atoms with E-state index in [9.17, 15) is 14.4 Å². The predicted molar refractivity (Wildman–Crippen MR) is 113 cm³/mol. The Hall–Kier alpha value is -2.86. The standard InChI is InChI=1S/C22H25ClN2O4/c1-7-12-25(21(27)16-8-10-17(23)11-9-16)15(4)20(26)18-13(2)19(22(28)29-6)24(5)14(18)3/h7-11,15H,1,12H2,2-6H3/t15-/m0/s1. The van der Waals surface area contributed by atoms with Crippen LogP contribution in [0, 0.1) is 13.8 Å². The summed E-state index contributed by atoms with van der Waals surface area (Å²) in [5.74, 6) is -1.07. The molecule has 0 saturated heterocycles. The van der Waals surface area contributed by atoms with E-state index in [1.807, 2.05) is 0 Å². The normalized spacial score (nSPS) is 11.7. The minimum atomic E-state index is -0.763. The van der Waals surface area contributed by atoms with E-state index in [4.69, 9.17) is 16.3 Å². The molecular weight excluding hydrogens is 392 g/mol. The molecule has 0 spiro atoms. The number of carbonyl (C=O) groups is 3. The quantitative estimate of drug-likeness (QED) is 0.389. The molecule has 29 heavy (non-hydrogen) atoms. The maximum Gasteiger partial charge on any atom is 0.354 e. The number of ketones is 1. The SMILES string of the molecule is C=CCN(C(=O)c1ccc(Cl)cc1)[C@@H](C)C(=O)c1c(C)c(C(=O)OC)n(C)c1C. The number of methoxy groups -OCH3 is 1. The molecule has 154 valence electrons. The summed E-state index contributed by atoms with van der Waals surface area (Å²) in [6.45, 7) is 9.04. The molecule has 0 saturated carbocycles. The minimum Gasteiger partial charge on any atom is -0.464 e. The van der Waals surface area contributed by atoms with Crippen LogP contribution in [0.4, 0.5) is 0 Å². The van der Waals surface area contributed by atoms with Crippen LogP contribution < -0.4 is 0 Å². The number of hydrogen-bond donors (Lipinski definition) is 0. The summed E-state index contributed by atoms with van der Waals surface area (Å²) < 4.78 is 6.48. The zero-order valence-electron chi connectivity index (χ0n) is 17.3. The lowest BCUT2D eigenvalue weighted by Crippen LogP contribution is -2.43. The Morgan fingerprint density at radius 2 is 1.83 bits per heavy atom. The van der Waals surface area contributed by atoms with Gasteiger partial charge in [0.25, 0.3) is 5.91 Å². The first-order chi connectivity index (χ1) is 13.6. The van der Waals surface area contributed by atoms with Gasteiger partial charge >= 0.3 is 5.97 Å². The van der Waals surface area contributed by atoms with E-state index < -0.39 is 12.0 Å². The average Bonchev–Trinajstić information content (AvgIpc) is 2.93. The van der Waals surface area contributed by atoms with Crippen molar-refractivity contribution in [3.8, 4) is 0 Å². The monoisotopic (exact) mass is 416 g/mol. The van der Waals surface area contributed by atoms with Gasteiger partial charge in [-0.2, -0.15) is 0 Å². The lowest BCUT2D eigenvalue weighted by molar-refractivity contribution is 0.0588. The zero-order valence-corrected chi connectivity index (χ0v) is 18.0. The summed E-state index contributed by atoms with van der Waals surface area (Å²) in [4.78, 5) is 40.0. The van der Waals surface area contributed by atoms with Crippen LogP contribution >= 0.6 is 11.6 Å². The Balaban J connectivity index is 2.45. The molecule has 0 bridgehead atoms. The van der Waals surface area contributed by atoms with Gasteiger partial charge in [0.1, 0.15) is 5.69 Å². The zero-order chi connectivity index (χ0) is 21.9. The van der Waals surface area contributed by atoms with E-state index in [-0.39, 0.29) is 18.2 Å². The number of carbonyl (C=O) groups excluding carboxylic acids is 3. The molecule has 0 fully saturated rings. The van der Waals surface area contributed by atoms with Gasteiger partial charge in [0.15, 0.2) is 5.78 Å². The summed E-state index contributed by atoms with van der Waals surface area (Å²) in [5.41, 5.74) is 2.33. The third-order valence-electron chi connectivity index (χ3n) is 5.08. The Morgan fingerprint density at radius 1 is 1.24 bits per heavy atom. The van der Waals surface area contributed by atoms with Crippen LogP contribution in [-0.2, 0) is 11.8 Å². The molecule has 1 aromatic carbocycles. The van der Waals surface area contributed by atoms with E-state index in [1.54, 1.807) is 62.7 Å². The van der Waals surface area contributed by atoms with Gasteiger partial charge in [-0.25, -0.2) is 4.79 Å². The topological polar surface area (TPSA) is 68.6 Å². The predicted octanol–water partition coefficient (Wildman–Crippen LogP) is 3.98. The fraction of sp³-hybridized carbons (Fsp3) is 0.318. The molecule has 0 aliphatic heterocycles. The van der Waals surface area contributed by atoms with Crippen molar-refractivity contribution in [2.45, 2.75) is 26.8 Å². The Labute approximate surface area is 175 Å². The molecule has 0 aliphatic carbocycles. The van der Waals surface area contributed by atoms with Gasteiger partial charge in [-0.3, -0.25) is 9.59 Å². The number of rotatable bonds is 7. The molecule has 1 atom stereocenters. The van der Waals surface area contributed by atoms with Crippen molar-refractivity contribution in [3.05, 3.63) is 70.0 Å². The number of amides is 1. The van der Waals surface area contributed by atoms with Crippen molar-refractivity contribution in [3.63, 3.8) is 0 Å². The van der Waals surface area contributed by atoms with Crippen LogP contribution in [0.1, 0.15) is 49.4 Å². The van der Waals surface area contributed by atoms with Gasteiger partial charge < -0.3 is 14.2 Å². The molecule has 0 N–H and O–H groups in total. The average molecular weight is 417 g/mol. The maximum atomic E-state index is 13.4. The molecule has 1 amide bonds. The largest absolute Gasteiger partial charge is 0.464 e. The highest BCUT2D eigenvalue weighted by atomic mass is 35.5. The molecule has 2 aromatic rings. The van der Waals surface area contributed by atoms with Crippen LogP contribution in [0.2, 0.25) is 5.02 Å². The Bertz CT molecular complexity index is 960. The van der Waals surface area contributed by atoms with Crippen molar-refractivity contribution in [2.24, 2.45) is 7.05 Å². The van der Waals surface area contributed by atoms with Crippen LogP contribution in [0.25, 0.3) is 0 Å². The van der Waals surface area contributed by atoms with E-state index >= 15 is 0 Å². The number of ether oxygens (including phenoxy) is 1. The lowest BCUT2D eigenvalue weighted by atomic mass is 9.99. The highest BCUT2D eigenvalue weighted by Crippen LogP contribution is 2.25. The third-order valence-corrected chi connectivity index (χ3v) is 5.33. The summed E-state index contributed by atoms with van der Waals surface area (Å²) in [6, 6.07) is 5.73. The second kappa shape index (κ2) is 9.09. The number of Topliss-reactive ketones (excluding diaryl/α,β-unsaturated/α-hetero) is 1. The molecule has 0 unspecified atom stereocenters. The summed E-state index contributed by atoms with van der Waals surface area (Å²) in [7, 11) is 3.00. The van der Waals surface area contributed by atoms with Gasteiger partial charge in [-0.05, 0) is 50.6 Å². The molecule has 1 aromatic heterocycles. The highest BCUT2D eigenvalue weighted by Gasteiger charge is 2.32. The molecular formula is C22H25ClN2O4. The number of nitrogens with zero attached hydrogens (tertiary/aromatic N) is 2. The van der Waals surface area contributed by atoms with Gasteiger partial charge in [-0.15, -0.1) is 6.58 Å². The van der Waals surface area contributed by atoms with Crippen molar-refractivity contribution in [1.82, 2.24) is 9.47 Å². The van der Waals surface area contributed by atoms with Crippen molar-refractivity contribution in [2.75, 3.05) is 13.7 Å². The van der Waals surface area contributed by atoms with Crippen molar-refractivity contribution in [1.29, 1.82) is 0 Å². The van der Waals surface area contributed by atoms with Crippen LogP contribution in [0.15, 0.2) is 36.9 Å². The van der Waals surface area contributed by atoms with Crippen molar-refractivity contribution < 1.29 is 19.1 Å². The molecule has 7 heteroatoms.